The van der Waals surface area contributed by atoms with E-state index in [-0.39, 0.29) is 18.6 Å². The van der Waals surface area contributed by atoms with Crippen LogP contribution in [-0.4, -0.2) is 30.0 Å². The lowest BCUT2D eigenvalue weighted by molar-refractivity contribution is 0.0806. The van der Waals surface area contributed by atoms with Gasteiger partial charge in [-0.2, -0.15) is 0 Å². The predicted octanol–water partition coefficient (Wildman–Crippen LogP) is 2.39. The fourth-order valence-corrected chi connectivity index (χ4v) is 1.76. The van der Waals surface area contributed by atoms with Crippen molar-refractivity contribution in [3.8, 4) is 0 Å². The molecule has 3 heteroatoms. The van der Waals surface area contributed by atoms with Crippen LogP contribution < -0.4 is 5.32 Å². The molecular weight excluding hydrogens is 226 g/mol. The predicted molar refractivity (Wildman–Crippen MR) is 75.9 cm³/mol. The Morgan fingerprint density at radius 2 is 1.56 bits per heavy atom. The molecule has 0 atom stereocenters. The fourth-order valence-electron chi connectivity index (χ4n) is 1.76. The third kappa shape index (κ3) is 3.72. The molecular formula is C15H25NO2. The molecule has 1 rings (SSSR count). The topological polar surface area (TPSA) is 52.5 Å². The van der Waals surface area contributed by atoms with E-state index in [1.165, 1.54) is 5.56 Å². The largest absolute Gasteiger partial charge is 0.396 e. The van der Waals surface area contributed by atoms with E-state index in [9.17, 15) is 10.2 Å². The molecule has 0 bridgehead atoms. The molecule has 0 heterocycles. The van der Waals surface area contributed by atoms with Crippen molar-refractivity contribution in [2.45, 2.75) is 33.1 Å². The Kier molecular flexibility index (Phi) is 4.77. The van der Waals surface area contributed by atoms with Crippen LogP contribution in [0.15, 0.2) is 24.3 Å². The number of aliphatic hydroxyl groups excluding tert-OH is 2. The van der Waals surface area contributed by atoms with E-state index in [4.69, 9.17) is 0 Å². The summed E-state index contributed by atoms with van der Waals surface area (Å²) < 4.78 is 0. The molecule has 102 valence electrons. The molecule has 3 N–H and O–H groups in total. The quantitative estimate of drug-likeness (QED) is 0.753. The molecule has 0 aliphatic rings. The average Bonchev–Trinajstić information content (AvgIpc) is 2.35. The maximum atomic E-state index is 9.29. The minimum atomic E-state index is -0.495. The number of hydrogen-bond donors (Lipinski definition) is 3. The van der Waals surface area contributed by atoms with E-state index < -0.39 is 5.41 Å². The van der Waals surface area contributed by atoms with Crippen molar-refractivity contribution in [2.75, 3.05) is 25.1 Å². The van der Waals surface area contributed by atoms with Crippen molar-refractivity contribution < 1.29 is 10.2 Å². The highest BCUT2D eigenvalue weighted by atomic mass is 16.3. The highest BCUT2D eigenvalue weighted by molar-refractivity contribution is 5.54. The second-order valence-electron chi connectivity index (χ2n) is 6.28. The zero-order valence-electron chi connectivity index (χ0n) is 11.8. The lowest BCUT2D eigenvalue weighted by Gasteiger charge is -2.28. The van der Waals surface area contributed by atoms with Crippen LogP contribution in [0.1, 0.15) is 33.3 Å². The molecule has 18 heavy (non-hydrogen) atoms. The Hall–Kier alpha value is -1.06. The summed E-state index contributed by atoms with van der Waals surface area (Å²) in [5.41, 5.74) is 1.88. The van der Waals surface area contributed by atoms with Crippen molar-refractivity contribution >= 4 is 5.69 Å². The van der Waals surface area contributed by atoms with Gasteiger partial charge in [0.1, 0.15) is 0 Å². The number of anilines is 1. The van der Waals surface area contributed by atoms with Crippen molar-refractivity contribution in [3.63, 3.8) is 0 Å². The van der Waals surface area contributed by atoms with Gasteiger partial charge in [-0.3, -0.25) is 0 Å². The maximum absolute atomic E-state index is 9.29. The molecule has 0 saturated carbocycles. The van der Waals surface area contributed by atoms with Gasteiger partial charge in [-0.25, -0.2) is 0 Å². The first-order valence-electron chi connectivity index (χ1n) is 6.37. The van der Waals surface area contributed by atoms with Gasteiger partial charge in [-0.05, 0) is 17.0 Å². The first-order valence-corrected chi connectivity index (χ1v) is 6.37. The number of aliphatic hydroxyl groups is 2. The zero-order chi connectivity index (χ0) is 13.8. The molecule has 0 spiro atoms. The SMILES string of the molecule is CC(CO)(CO)CNc1ccccc1C(C)(C)C. The van der Waals surface area contributed by atoms with Crippen LogP contribution in [0.25, 0.3) is 0 Å². The maximum Gasteiger partial charge on any atom is 0.0523 e. The van der Waals surface area contributed by atoms with Gasteiger partial charge in [-0.1, -0.05) is 45.9 Å². The van der Waals surface area contributed by atoms with E-state index in [2.05, 4.69) is 32.2 Å². The Bertz CT molecular complexity index is 378. The number of hydrogen-bond acceptors (Lipinski definition) is 3. The summed E-state index contributed by atoms with van der Waals surface area (Å²) in [7, 11) is 0. The van der Waals surface area contributed by atoms with Gasteiger partial charge in [-0.15, -0.1) is 0 Å². The van der Waals surface area contributed by atoms with Gasteiger partial charge in [0.25, 0.3) is 0 Å². The van der Waals surface area contributed by atoms with Gasteiger partial charge in [0.15, 0.2) is 0 Å². The van der Waals surface area contributed by atoms with E-state index in [0.29, 0.717) is 6.54 Å². The molecule has 0 amide bonds. The first kappa shape index (κ1) is 15.0. The lowest BCUT2D eigenvalue weighted by atomic mass is 9.85. The van der Waals surface area contributed by atoms with Crippen molar-refractivity contribution in [3.05, 3.63) is 29.8 Å². The summed E-state index contributed by atoms with van der Waals surface area (Å²) in [6.07, 6.45) is 0. The Labute approximate surface area is 110 Å². The highest BCUT2D eigenvalue weighted by Gasteiger charge is 2.23. The van der Waals surface area contributed by atoms with Gasteiger partial charge < -0.3 is 15.5 Å². The smallest absolute Gasteiger partial charge is 0.0523 e. The molecule has 0 saturated heterocycles. The Morgan fingerprint density at radius 1 is 1.00 bits per heavy atom. The van der Waals surface area contributed by atoms with E-state index in [1.807, 2.05) is 25.1 Å². The van der Waals surface area contributed by atoms with Crippen LogP contribution in [0.2, 0.25) is 0 Å². The second kappa shape index (κ2) is 5.72. The molecule has 0 aliphatic heterocycles. The number of nitrogens with one attached hydrogen (secondary N) is 1. The van der Waals surface area contributed by atoms with Crippen LogP contribution in [0.5, 0.6) is 0 Å². The third-order valence-electron chi connectivity index (χ3n) is 3.20. The van der Waals surface area contributed by atoms with Crippen molar-refractivity contribution in [1.82, 2.24) is 0 Å². The van der Waals surface area contributed by atoms with Crippen molar-refractivity contribution in [2.24, 2.45) is 5.41 Å². The van der Waals surface area contributed by atoms with Gasteiger partial charge in [0.05, 0.1) is 13.2 Å². The van der Waals surface area contributed by atoms with E-state index >= 15 is 0 Å². The fraction of sp³-hybridized carbons (Fsp3) is 0.600. The molecule has 3 nitrogen and oxygen atoms in total. The number of para-hydroxylation sites is 1. The summed E-state index contributed by atoms with van der Waals surface area (Å²) >= 11 is 0. The number of benzene rings is 1. The monoisotopic (exact) mass is 251 g/mol. The molecule has 0 aromatic heterocycles. The van der Waals surface area contributed by atoms with E-state index in [1.54, 1.807) is 0 Å². The summed E-state index contributed by atoms with van der Waals surface area (Å²) in [5.74, 6) is 0. The van der Waals surface area contributed by atoms with Crippen LogP contribution in [-0.2, 0) is 5.41 Å². The molecule has 0 fully saturated rings. The van der Waals surface area contributed by atoms with Crippen LogP contribution in [0.4, 0.5) is 5.69 Å². The summed E-state index contributed by atoms with van der Waals surface area (Å²) in [6, 6.07) is 8.17. The first-order chi connectivity index (χ1) is 8.32. The second-order valence-corrected chi connectivity index (χ2v) is 6.28. The molecule has 0 unspecified atom stereocenters. The van der Waals surface area contributed by atoms with Gasteiger partial charge in [0.2, 0.25) is 0 Å². The molecule has 0 radical (unpaired) electrons. The third-order valence-corrected chi connectivity index (χ3v) is 3.20. The van der Waals surface area contributed by atoms with Crippen LogP contribution >= 0.6 is 0 Å². The van der Waals surface area contributed by atoms with Gasteiger partial charge >= 0.3 is 0 Å². The normalized spacial score (nSPS) is 12.6. The van der Waals surface area contributed by atoms with Crippen LogP contribution in [0.3, 0.4) is 0 Å². The van der Waals surface area contributed by atoms with E-state index in [0.717, 1.165) is 5.69 Å². The van der Waals surface area contributed by atoms with Crippen molar-refractivity contribution in [1.29, 1.82) is 0 Å². The Morgan fingerprint density at radius 3 is 2.06 bits per heavy atom. The molecule has 1 aromatic rings. The zero-order valence-corrected chi connectivity index (χ0v) is 11.8. The minimum absolute atomic E-state index is 0.0335. The highest BCUT2D eigenvalue weighted by Crippen LogP contribution is 2.30. The lowest BCUT2D eigenvalue weighted by Crippen LogP contribution is -2.34. The summed E-state index contributed by atoms with van der Waals surface area (Å²) in [5, 5.41) is 21.9. The standard InChI is InChI=1S/C15H25NO2/c1-14(2,3)12-7-5-6-8-13(12)16-9-15(4,10-17)11-18/h5-8,16-18H,9-11H2,1-4H3. The van der Waals surface area contributed by atoms with Gasteiger partial charge in [0, 0.05) is 17.6 Å². The number of rotatable bonds is 5. The minimum Gasteiger partial charge on any atom is -0.396 e. The average molecular weight is 251 g/mol. The summed E-state index contributed by atoms with van der Waals surface area (Å²) in [6.45, 7) is 8.86. The molecule has 0 aliphatic carbocycles. The molecule has 1 aromatic carbocycles. The summed E-state index contributed by atoms with van der Waals surface area (Å²) in [4.78, 5) is 0. The Balaban J connectivity index is 2.86. The van der Waals surface area contributed by atoms with Crippen LogP contribution in [0, 0.1) is 5.41 Å².